The Balaban J connectivity index is 1.68. The van der Waals surface area contributed by atoms with Gasteiger partial charge in [0.15, 0.2) is 0 Å². The summed E-state index contributed by atoms with van der Waals surface area (Å²) >= 11 is 0. The van der Waals surface area contributed by atoms with Crippen molar-refractivity contribution in [3.05, 3.63) is 59.4 Å². The third-order valence-corrected chi connectivity index (χ3v) is 7.05. The van der Waals surface area contributed by atoms with E-state index in [0.29, 0.717) is 41.5 Å². The Kier molecular flexibility index (Phi) is 8.76. The molecule has 2 aliphatic rings. The highest BCUT2D eigenvalue weighted by Gasteiger charge is 2.37. The van der Waals surface area contributed by atoms with Gasteiger partial charge in [0.1, 0.15) is 23.9 Å². The number of ether oxygens (including phenoxy) is 3. The molecule has 1 aliphatic carbocycles. The van der Waals surface area contributed by atoms with Gasteiger partial charge in [0.25, 0.3) is 5.91 Å². The molecule has 1 atom stereocenters. The van der Waals surface area contributed by atoms with Crippen molar-refractivity contribution in [2.75, 3.05) is 41.0 Å². The second kappa shape index (κ2) is 12.2. The molecule has 37 heavy (non-hydrogen) atoms. The molecule has 2 amide bonds. The van der Waals surface area contributed by atoms with Gasteiger partial charge in [-0.1, -0.05) is 31.0 Å². The van der Waals surface area contributed by atoms with Gasteiger partial charge in [0.2, 0.25) is 5.91 Å². The predicted molar refractivity (Wildman–Crippen MR) is 137 cm³/mol. The summed E-state index contributed by atoms with van der Waals surface area (Å²) < 4.78 is 30.9. The standard InChI is InChI=1S/C28H34FN3O5/c1-35-15-14-31(28(34)19-8-4-5-9-19)18-27(33)32-25(22-16-20(36-2)12-13-26(22)37-3)17-24(30-32)21-10-6-7-11-23(21)29/h6-7,10-13,16,19,25H,4-5,8-9,14-15,17-18H2,1-3H3. The number of hydrogen-bond donors (Lipinski definition) is 0. The zero-order chi connectivity index (χ0) is 26.4. The number of halogens is 1. The maximum atomic E-state index is 14.7. The van der Waals surface area contributed by atoms with Gasteiger partial charge in [-0.25, -0.2) is 9.40 Å². The Morgan fingerprint density at radius 3 is 2.51 bits per heavy atom. The lowest BCUT2D eigenvalue weighted by atomic mass is 9.97. The molecule has 0 radical (unpaired) electrons. The summed E-state index contributed by atoms with van der Waals surface area (Å²) in [5.74, 6) is 0.284. The van der Waals surface area contributed by atoms with Crippen LogP contribution in [-0.4, -0.2) is 68.5 Å². The number of carbonyl (C=O) groups excluding carboxylic acids is 2. The largest absolute Gasteiger partial charge is 0.497 e. The van der Waals surface area contributed by atoms with Crippen LogP contribution < -0.4 is 9.47 Å². The number of rotatable bonds is 10. The van der Waals surface area contributed by atoms with Crippen LogP contribution in [0.4, 0.5) is 4.39 Å². The number of benzene rings is 2. The first-order valence-corrected chi connectivity index (χ1v) is 12.6. The molecule has 8 nitrogen and oxygen atoms in total. The zero-order valence-corrected chi connectivity index (χ0v) is 21.6. The molecule has 9 heteroatoms. The van der Waals surface area contributed by atoms with Crippen LogP contribution in [0, 0.1) is 11.7 Å². The first kappa shape index (κ1) is 26.6. The van der Waals surface area contributed by atoms with Gasteiger partial charge in [0.05, 0.1) is 32.6 Å². The monoisotopic (exact) mass is 511 g/mol. The van der Waals surface area contributed by atoms with E-state index < -0.39 is 11.9 Å². The van der Waals surface area contributed by atoms with Gasteiger partial charge in [-0.15, -0.1) is 0 Å². The van der Waals surface area contributed by atoms with Gasteiger partial charge in [0, 0.05) is 37.1 Å². The van der Waals surface area contributed by atoms with Crippen LogP contribution in [0.1, 0.15) is 49.3 Å². The summed E-state index contributed by atoms with van der Waals surface area (Å²) in [7, 11) is 4.68. The van der Waals surface area contributed by atoms with Crippen molar-refractivity contribution in [2.24, 2.45) is 11.0 Å². The molecule has 0 bridgehead atoms. The maximum Gasteiger partial charge on any atom is 0.262 e. The van der Waals surface area contributed by atoms with Gasteiger partial charge >= 0.3 is 0 Å². The highest BCUT2D eigenvalue weighted by molar-refractivity contribution is 6.03. The Bertz CT molecular complexity index is 1150. The van der Waals surface area contributed by atoms with Crippen molar-refractivity contribution in [1.82, 2.24) is 9.91 Å². The number of carbonyl (C=O) groups is 2. The Morgan fingerprint density at radius 2 is 1.84 bits per heavy atom. The SMILES string of the molecule is COCCN(CC(=O)N1N=C(c2ccccc2F)CC1c1cc(OC)ccc1OC)C(=O)C1CCCC1. The van der Waals surface area contributed by atoms with Crippen LogP contribution >= 0.6 is 0 Å². The summed E-state index contributed by atoms with van der Waals surface area (Å²) in [6.45, 7) is 0.487. The first-order valence-electron chi connectivity index (χ1n) is 12.6. The van der Waals surface area contributed by atoms with Gasteiger partial charge in [-0.05, 0) is 37.1 Å². The van der Waals surface area contributed by atoms with Crippen molar-refractivity contribution in [2.45, 2.75) is 38.1 Å². The van der Waals surface area contributed by atoms with Crippen molar-refractivity contribution in [1.29, 1.82) is 0 Å². The van der Waals surface area contributed by atoms with Gasteiger partial charge < -0.3 is 19.1 Å². The van der Waals surface area contributed by atoms with E-state index in [0.717, 1.165) is 25.7 Å². The summed E-state index contributed by atoms with van der Waals surface area (Å²) in [6, 6.07) is 11.2. The number of amides is 2. The number of nitrogens with zero attached hydrogens (tertiary/aromatic N) is 3. The molecule has 1 aliphatic heterocycles. The van der Waals surface area contributed by atoms with Crippen molar-refractivity contribution in [3.8, 4) is 11.5 Å². The lowest BCUT2D eigenvalue weighted by Gasteiger charge is -2.29. The highest BCUT2D eigenvalue weighted by atomic mass is 19.1. The van der Waals surface area contributed by atoms with Crippen LogP contribution in [0.25, 0.3) is 0 Å². The normalized spacial score (nSPS) is 17.6. The van der Waals surface area contributed by atoms with Gasteiger partial charge in [-0.3, -0.25) is 9.59 Å². The van der Waals surface area contributed by atoms with Crippen molar-refractivity contribution < 1.29 is 28.2 Å². The Hall–Kier alpha value is -3.46. The molecule has 0 spiro atoms. The molecule has 1 unspecified atom stereocenters. The van der Waals surface area contributed by atoms with Crippen LogP contribution in [0.2, 0.25) is 0 Å². The van der Waals surface area contributed by atoms with Crippen LogP contribution in [0.5, 0.6) is 11.5 Å². The lowest BCUT2D eigenvalue weighted by molar-refractivity contribution is -0.144. The average molecular weight is 512 g/mol. The fraction of sp³-hybridized carbons (Fsp3) is 0.464. The second-order valence-corrected chi connectivity index (χ2v) is 9.33. The minimum Gasteiger partial charge on any atom is -0.497 e. The molecular weight excluding hydrogens is 477 g/mol. The fourth-order valence-electron chi connectivity index (χ4n) is 5.08. The molecule has 4 rings (SSSR count). The molecule has 0 N–H and O–H groups in total. The highest BCUT2D eigenvalue weighted by Crippen LogP contribution is 2.39. The van der Waals surface area contributed by atoms with E-state index in [9.17, 15) is 14.0 Å². The molecule has 198 valence electrons. The van der Waals surface area contributed by atoms with E-state index in [1.54, 1.807) is 62.6 Å². The number of hydrogen-bond acceptors (Lipinski definition) is 6. The first-order chi connectivity index (χ1) is 18.0. The molecule has 0 aromatic heterocycles. The van der Waals surface area contributed by atoms with E-state index in [4.69, 9.17) is 14.2 Å². The molecule has 1 saturated carbocycles. The molecule has 1 heterocycles. The summed E-state index contributed by atoms with van der Waals surface area (Å²) in [4.78, 5) is 28.6. The molecular formula is C28H34FN3O5. The lowest BCUT2D eigenvalue weighted by Crippen LogP contribution is -2.44. The molecule has 1 fully saturated rings. The fourth-order valence-corrected chi connectivity index (χ4v) is 5.08. The summed E-state index contributed by atoms with van der Waals surface area (Å²) in [6.07, 6.45) is 3.98. The van der Waals surface area contributed by atoms with Crippen LogP contribution in [-0.2, 0) is 14.3 Å². The second-order valence-electron chi connectivity index (χ2n) is 9.33. The maximum absolute atomic E-state index is 14.7. The molecule has 2 aromatic rings. The van der Waals surface area contributed by atoms with Crippen molar-refractivity contribution in [3.63, 3.8) is 0 Å². The minimum atomic E-state index is -0.557. The summed E-state index contributed by atoms with van der Waals surface area (Å²) in [5, 5.41) is 5.95. The van der Waals surface area contributed by atoms with E-state index >= 15 is 0 Å². The third-order valence-electron chi connectivity index (χ3n) is 7.05. The van der Waals surface area contributed by atoms with E-state index in [2.05, 4.69) is 5.10 Å². The minimum absolute atomic E-state index is 0.0316. The Morgan fingerprint density at radius 1 is 1.08 bits per heavy atom. The third kappa shape index (κ3) is 5.93. The zero-order valence-electron chi connectivity index (χ0n) is 21.6. The van der Waals surface area contributed by atoms with Gasteiger partial charge in [-0.2, -0.15) is 5.10 Å². The number of methoxy groups -OCH3 is 3. The van der Waals surface area contributed by atoms with Crippen LogP contribution in [0.3, 0.4) is 0 Å². The smallest absolute Gasteiger partial charge is 0.262 e. The van der Waals surface area contributed by atoms with E-state index in [1.807, 2.05) is 0 Å². The van der Waals surface area contributed by atoms with Crippen molar-refractivity contribution >= 4 is 17.5 Å². The molecule has 0 saturated heterocycles. The Labute approximate surface area is 217 Å². The van der Waals surface area contributed by atoms with E-state index in [-0.39, 0.29) is 30.7 Å². The average Bonchev–Trinajstić information content (AvgIpc) is 3.61. The van der Waals surface area contributed by atoms with E-state index in [1.165, 1.54) is 11.1 Å². The topological polar surface area (TPSA) is 80.7 Å². The van der Waals surface area contributed by atoms with Crippen LogP contribution in [0.15, 0.2) is 47.6 Å². The summed E-state index contributed by atoms with van der Waals surface area (Å²) in [5.41, 5.74) is 1.48. The predicted octanol–water partition coefficient (Wildman–Crippen LogP) is 4.19. The molecule has 2 aromatic carbocycles. The number of hydrazone groups is 1. The quantitative estimate of drug-likeness (QED) is 0.478.